The van der Waals surface area contributed by atoms with Crippen LogP contribution in [0.1, 0.15) is 29.3 Å². The zero-order chi connectivity index (χ0) is 18.0. The quantitative estimate of drug-likeness (QED) is 0.906. The zero-order valence-corrected chi connectivity index (χ0v) is 14.7. The van der Waals surface area contributed by atoms with E-state index in [1.807, 2.05) is 24.3 Å². The SMILES string of the molecule is C[C@H]1C[C@H]1C(=O)NCc1ccc(-c2ncncc2C(=O)N(C)C)cc1. The first-order valence-electron chi connectivity index (χ1n) is 8.36. The topological polar surface area (TPSA) is 75.2 Å². The number of rotatable bonds is 5. The van der Waals surface area contributed by atoms with Crippen LogP contribution >= 0.6 is 0 Å². The molecule has 0 radical (unpaired) electrons. The van der Waals surface area contributed by atoms with Gasteiger partial charge in [-0.1, -0.05) is 31.2 Å². The maximum absolute atomic E-state index is 12.3. The molecule has 0 spiro atoms. The summed E-state index contributed by atoms with van der Waals surface area (Å²) in [6.45, 7) is 2.60. The number of benzene rings is 1. The second-order valence-corrected chi connectivity index (χ2v) is 6.72. The molecule has 1 saturated carbocycles. The molecule has 2 amide bonds. The second-order valence-electron chi connectivity index (χ2n) is 6.72. The summed E-state index contributed by atoms with van der Waals surface area (Å²) in [5.74, 6) is 0.685. The predicted molar refractivity (Wildman–Crippen MR) is 94.6 cm³/mol. The molecule has 1 heterocycles. The summed E-state index contributed by atoms with van der Waals surface area (Å²) in [7, 11) is 3.40. The van der Waals surface area contributed by atoms with E-state index in [4.69, 9.17) is 0 Å². The van der Waals surface area contributed by atoms with Gasteiger partial charge < -0.3 is 10.2 Å². The molecule has 6 heteroatoms. The van der Waals surface area contributed by atoms with Crippen LogP contribution in [0.4, 0.5) is 0 Å². The maximum atomic E-state index is 12.3. The first-order chi connectivity index (χ1) is 12.0. The van der Waals surface area contributed by atoms with Crippen molar-refractivity contribution in [3.8, 4) is 11.3 Å². The summed E-state index contributed by atoms with van der Waals surface area (Å²) < 4.78 is 0. The van der Waals surface area contributed by atoms with Crippen LogP contribution in [-0.2, 0) is 11.3 Å². The third kappa shape index (κ3) is 3.84. The smallest absolute Gasteiger partial charge is 0.257 e. The number of nitrogens with zero attached hydrogens (tertiary/aromatic N) is 3. The number of carbonyl (C=O) groups excluding carboxylic acids is 2. The standard InChI is InChI=1S/C19H22N4O2/c1-12-8-15(12)18(24)21-9-13-4-6-14(7-5-13)17-16(10-20-11-22-17)19(25)23(2)3/h4-7,10-12,15H,8-9H2,1-3H3,(H,21,24)/t12-,15+/m0/s1. The molecule has 0 saturated heterocycles. The molecule has 1 aromatic carbocycles. The Morgan fingerprint density at radius 3 is 2.52 bits per heavy atom. The van der Waals surface area contributed by atoms with Crippen LogP contribution in [0, 0.1) is 11.8 Å². The van der Waals surface area contributed by atoms with E-state index in [9.17, 15) is 9.59 Å². The summed E-state index contributed by atoms with van der Waals surface area (Å²) in [6.07, 6.45) is 3.96. The molecule has 1 aromatic heterocycles. The van der Waals surface area contributed by atoms with Gasteiger partial charge in [0.2, 0.25) is 5.91 Å². The summed E-state index contributed by atoms with van der Waals surface area (Å²) in [5, 5.41) is 2.97. The second kappa shape index (κ2) is 7.01. The average molecular weight is 338 g/mol. The van der Waals surface area contributed by atoms with Gasteiger partial charge in [0, 0.05) is 38.3 Å². The van der Waals surface area contributed by atoms with Crippen LogP contribution in [0.5, 0.6) is 0 Å². The summed E-state index contributed by atoms with van der Waals surface area (Å²) in [4.78, 5) is 33.9. The lowest BCUT2D eigenvalue weighted by Crippen LogP contribution is -2.24. The number of carbonyl (C=O) groups is 2. The Kier molecular flexibility index (Phi) is 4.79. The van der Waals surface area contributed by atoms with Gasteiger partial charge in [0.25, 0.3) is 5.91 Å². The highest BCUT2D eigenvalue weighted by Crippen LogP contribution is 2.37. The van der Waals surface area contributed by atoms with Gasteiger partial charge in [-0.25, -0.2) is 9.97 Å². The van der Waals surface area contributed by atoms with E-state index < -0.39 is 0 Å². The van der Waals surface area contributed by atoms with Gasteiger partial charge in [-0.2, -0.15) is 0 Å². The number of nitrogens with one attached hydrogen (secondary N) is 1. The van der Waals surface area contributed by atoms with Crippen LogP contribution in [0.3, 0.4) is 0 Å². The first-order valence-corrected chi connectivity index (χ1v) is 8.36. The van der Waals surface area contributed by atoms with Gasteiger partial charge in [0.15, 0.2) is 0 Å². The molecular formula is C19H22N4O2. The molecule has 130 valence electrons. The van der Waals surface area contributed by atoms with E-state index >= 15 is 0 Å². The van der Waals surface area contributed by atoms with E-state index in [1.54, 1.807) is 14.1 Å². The lowest BCUT2D eigenvalue weighted by atomic mass is 10.0. The van der Waals surface area contributed by atoms with Crippen molar-refractivity contribution in [1.82, 2.24) is 20.2 Å². The Labute approximate surface area is 147 Å². The van der Waals surface area contributed by atoms with Crippen LogP contribution < -0.4 is 5.32 Å². The molecule has 2 atom stereocenters. The Bertz CT molecular complexity index is 786. The minimum atomic E-state index is -0.134. The number of hydrogen-bond donors (Lipinski definition) is 1. The zero-order valence-electron chi connectivity index (χ0n) is 14.7. The molecule has 3 rings (SSSR count). The molecule has 1 N–H and O–H groups in total. The largest absolute Gasteiger partial charge is 0.352 e. The van der Waals surface area contributed by atoms with Crippen molar-refractivity contribution in [3.63, 3.8) is 0 Å². The fourth-order valence-electron chi connectivity index (χ4n) is 2.75. The lowest BCUT2D eigenvalue weighted by Gasteiger charge is -2.13. The highest BCUT2D eigenvalue weighted by molar-refractivity contribution is 5.99. The maximum Gasteiger partial charge on any atom is 0.257 e. The third-order valence-electron chi connectivity index (χ3n) is 4.49. The van der Waals surface area contributed by atoms with Crippen molar-refractivity contribution in [2.45, 2.75) is 19.9 Å². The van der Waals surface area contributed by atoms with Gasteiger partial charge in [-0.05, 0) is 17.9 Å². The molecule has 0 bridgehead atoms. The Balaban J connectivity index is 1.72. The van der Waals surface area contributed by atoms with Gasteiger partial charge >= 0.3 is 0 Å². The summed E-state index contributed by atoms with van der Waals surface area (Å²) in [5.41, 5.74) is 2.94. The van der Waals surface area contributed by atoms with E-state index in [0.29, 0.717) is 23.7 Å². The minimum Gasteiger partial charge on any atom is -0.352 e. The monoisotopic (exact) mass is 338 g/mol. The van der Waals surface area contributed by atoms with Crippen LogP contribution in [0.15, 0.2) is 36.8 Å². The molecule has 2 aromatic rings. The Morgan fingerprint density at radius 1 is 1.24 bits per heavy atom. The van der Waals surface area contributed by atoms with E-state index in [2.05, 4.69) is 22.2 Å². The molecule has 1 aliphatic carbocycles. The number of aromatic nitrogens is 2. The number of hydrogen-bond acceptors (Lipinski definition) is 4. The summed E-state index contributed by atoms with van der Waals surface area (Å²) >= 11 is 0. The van der Waals surface area contributed by atoms with Crippen molar-refractivity contribution in [1.29, 1.82) is 0 Å². The van der Waals surface area contributed by atoms with Crippen molar-refractivity contribution in [3.05, 3.63) is 47.9 Å². The molecule has 0 unspecified atom stereocenters. The predicted octanol–water partition coefficient (Wildman–Crippen LogP) is 2.12. The van der Waals surface area contributed by atoms with Gasteiger partial charge in [0.05, 0.1) is 11.3 Å². The Morgan fingerprint density at radius 2 is 1.92 bits per heavy atom. The lowest BCUT2D eigenvalue weighted by molar-refractivity contribution is -0.122. The van der Waals surface area contributed by atoms with Crippen molar-refractivity contribution in [2.75, 3.05) is 14.1 Å². The average Bonchev–Trinajstić information content (AvgIpc) is 3.36. The Hall–Kier alpha value is -2.76. The van der Waals surface area contributed by atoms with E-state index in [1.165, 1.54) is 17.4 Å². The van der Waals surface area contributed by atoms with Crippen LogP contribution in [0.2, 0.25) is 0 Å². The highest BCUT2D eigenvalue weighted by atomic mass is 16.2. The van der Waals surface area contributed by atoms with Crippen LogP contribution in [-0.4, -0.2) is 40.8 Å². The molecule has 6 nitrogen and oxygen atoms in total. The normalized spacial score (nSPS) is 18.5. The molecule has 0 aliphatic heterocycles. The van der Waals surface area contributed by atoms with Crippen LogP contribution in [0.25, 0.3) is 11.3 Å². The van der Waals surface area contributed by atoms with Gasteiger partial charge in [0.1, 0.15) is 6.33 Å². The highest BCUT2D eigenvalue weighted by Gasteiger charge is 2.38. The van der Waals surface area contributed by atoms with Gasteiger partial charge in [-0.15, -0.1) is 0 Å². The van der Waals surface area contributed by atoms with Crippen molar-refractivity contribution >= 4 is 11.8 Å². The first kappa shape index (κ1) is 17.1. The van der Waals surface area contributed by atoms with Crippen molar-refractivity contribution < 1.29 is 9.59 Å². The minimum absolute atomic E-state index is 0.131. The summed E-state index contributed by atoms with van der Waals surface area (Å²) in [6, 6.07) is 7.71. The third-order valence-corrected chi connectivity index (χ3v) is 4.49. The fraction of sp³-hybridized carbons (Fsp3) is 0.368. The van der Waals surface area contributed by atoms with E-state index in [0.717, 1.165) is 17.5 Å². The van der Waals surface area contributed by atoms with Crippen molar-refractivity contribution in [2.24, 2.45) is 11.8 Å². The number of amides is 2. The fourth-order valence-corrected chi connectivity index (χ4v) is 2.75. The molecule has 25 heavy (non-hydrogen) atoms. The molecule has 1 fully saturated rings. The molecular weight excluding hydrogens is 316 g/mol. The van der Waals surface area contributed by atoms with E-state index in [-0.39, 0.29) is 17.7 Å². The molecule has 1 aliphatic rings. The van der Waals surface area contributed by atoms with Gasteiger partial charge in [-0.3, -0.25) is 9.59 Å².